The number of carbonyl (C=O) groups is 2. The predicted octanol–water partition coefficient (Wildman–Crippen LogP) is 2.76. The fraction of sp³-hybridized carbons (Fsp3) is 0.500. The number of nitrogens with one attached hydrogen (secondary N) is 1. The molecule has 1 atom stereocenters. The van der Waals surface area contributed by atoms with Gasteiger partial charge >= 0.3 is 5.97 Å². The highest BCUT2D eigenvalue weighted by Crippen LogP contribution is 2.13. The van der Waals surface area contributed by atoms with Crippen molar-refractivity contribution in [3.05, 3.63) is 35.4 Å². The van der Waals surface area contributed by atoms with Gasteiger partial charge in [-0.05, 0) is 42.5 Å². The van der Waals surface area contributed by atoms with E-state index in [-0.39, 0.29) is 36.8 Å². The van der Waals surface area contributed by atoms with Crippen LogP contribution in [0.4, 0.5) is 8.78 Å². The van der Waals surface area contributed by atoms with Crippen molar-refractivity contribution in [3.63, 3.8) is 0 Å². The minimum Gasteiger partial charge on any atom is -0.481 e. The molecule has 0 aliphatic heterocycles. The van der Waals surface area contributed by atoms with E-state index < -0.39 is 23.5 Å². The van der Waals surface area contributed by atoms with Gasteiger partial charge in [-0.1, -0.05) is 13.8 Å². The van der Waals surface area contributed by atoms with Gasteiger partial charge in [-0.2, -0.15) is 0 Å². The molecule has 0 radical (unpaired) electrons. The molecule has 0 fully saturated rings. The largest absolute Gasteiger partial charge is 0.481 e. The van der Waals surface area contributed by atoms with Crippen molar-refractivity contribution < 1.29 is 23.5 Å². The summed E-state index contributed by atoms with van der Waals surface area (Å²) in [5, 5.41) is 11.6. The predicted molar refractivity (Wildman–Crippen MR) is 78.3 cm³/mol. The van der Waals surface area contributed by atoms with Gasteiger partial charge in [-0.3, -0.25) is 9.59 Å². The van der Waals surface area contributed by atoms with Crippen LogP contribution in [0, 0.1) is 23.5 Å². The second kappa shape index (κ2) is 8.46. The molecule has 1 amide bonds. The lowest BCUT2D eigenvalue weighted by Crippen LogP contribution is -2.33. The van der Waals surface area contributed by atoms with E-state index in [9.17, 15) is 18.4 Å². The summed E-state index contributed by atoms with van der Waals surface area (Å²) in [7, 11) is 0. The van der Waals surface area contributed by atoms with E-state index in [2.05, 4.69) is 5.32 Å². The zero-order valence-corrected chi connectivity index (χ0v) is 12.7. The molecule has 0 saturated heterocycles. The topological polar surface area (TPSA) is 66.4 Å². The number of rotatable bonds is 8. The van der Waals surface area contributed by atoms with Crippen LogP contribution in [0.3, 0.4) is 0 Å². The van der Waals surface area contributed by atoms with Crippen molar-refractivity contribution >= 4 is 11.9 Å². The Hall–Kier alpha value is -1.98. The van der Waals surface area contributed by atoms with E-state index in [4.69, 9.17) is 5.11 Å². The molecule has 22 heavy (non-hydrogen) atoms. The molecular weight excluding hydrogens is 292 g/mol. The Morgan fingerprint density at radius 2 is 1.95 bits per heavy atom. The number of benzene rings is 1. The molecule has 1 aromatic rings. The number of halogens is 2. The third-order valence-corrected chi connectivity index (χ3v) is 3.28. The van der Waals surface area contributed by atoms with Crippen molar-refractivity contribution in [3.8, 4) is 0 Å². The number of carboxylic acids is 1. The molecule has 0 saturated carbocycles. The molecule has 4 nitrogen and oxygen atoms in total. The second-order valence-corrected chi connectivity index (χ2v) is 5.70. The number of aryl methyl sites for hydroxylation is 1. The monoisotopic (exact) mass is 313 g/mol. The lowest BCUT2D eigenvalue weighted by molar-refractivity contribution is -0.142. The van der Waals surface area contributed by atoms with Crippen LogP contribution in [-0.2, 0) is 16.0 Å². The molecule has 0 spiro atoms. The van der Waals surface area contributed by atoms with E-state index >= 15 is 0 Å². The summed E-state index contributed by atoms with van der Waals surface area (Å²) >= 11 is 0. The van der Waals surface area contributed by atoms with E-state index in [0.29, 0.717) is 6.42 Å². The maximum Gasteiger partial charge on any atom is 0.308 e. The van der Waals surface area contributed by atoms with Gasteiger partial charge in [-0.25, -0.2) is 8.78 Å². The lowest BCUT2D eigenvalue weighted by Gasteiger charge is -2.15. The summed E-state index contributed by atoms with van der Waals surface area (Å²) in [6.07, 6.45) is 0.514. The Bertz CT molecular complexity index is 532. The van der Waals surface area contributed by atoms with Crippen LogP contribution in [0.25, 0.3) is 0 Å². The zero-order chi connectivity index (χ0) is 16.7. The first kappa shape index (κ1) is 18.1. The zero-order valence-electron chi connectivity index (χ0n) is 12.7. The maximum atomic E-state index is 13.4. The fourth-order valence-electron chi connectivity index (χ4n) is 2.15. The van der Waals surface area contributed by atoms with Crippen molar-refractivity contribution in [2.45, 2.75) is 33.1 Å². The van der Waals surface area contributed by atoms with Crippen LogP contribution >= 0.6 is 0 Å². The Kier molecular flexibility index (Phi) is 6.95. The first-order valence-corrected chi connectivity index (χ1v) is 7.23. The van der Waals surface area contributed by atoms with Gasteiger partial charge in [0.05, 0.1) is 5.92 Å². The first-order valence-electron chi connectivity index (χ1n) is 7.23. The van der Waals surface area contributed by atoms with Crippen LogP contribution in [0.5, 0.6) is 0 Å². The van der Waals surface area contributed by atoms with Crippen molar-refractivity contribution in [2.24, 2.45) is 11.8 Å². The average molecular weight is 313 g/mol. The fourth-order valence-corrected chi connectivity index (χ4v) is 2.15. The summed E-state index contributed by atoms with van der Waals surface area (Å²) < 4.78 is 26.4. The van der Waals surface area contributed by atoms with E-state index in [1.54, 1.807) is 0 Å². The minimum atomic E-state index is -0.954. The number of amides is 1. The van der Waals surface area contributed by atoms with Gasteiger partial charge < -0.3 is 10.4 Å². The summed E-state index contributed by atoms with van der Waals surface area (Å²) in [6, 6.07) is 3.09. The number of hydrogen-bond donors (Lipinski definition) is 2. The van der Waals surface area contributed by atoms with Crippen LogP contribution in [0.2, 0.25) is 0 Å². The maximum absolute atomic E-state index is 13.4. The Labute approximate surface area is 128 Å². The number of hydrogen-bond acceptors (Lipinski definition) is 2. The molecule has 1 unspecified atom stereocenters. The second-order valence-electron chi connectivity index (χ2n) is 5.70. The number of carbonyl (C=O) groups excluding carboxylic acids is 1. The SMILES string of the molecule is CC(C)CC(CNC(=O)CCc1cc(F)ccc1F)C(=O)O. The molecule has 1 rings (SSSR count). The Morgan fingerprint density at radius 3 is 2.55 bits per heavy atom. The van der Waals surface area contributed by atoms with E-state index in [1.165, 1.54) is 0 Å². The molecule has 0 aliphatic carbocycles. The van der Waals surface area contributed by atoms with Crippen LogP contribution in [0.1, 0.15) is 32.3 Å². The standard InChI is InChI=1S/C16H21F2NO3/c1-10(2)7-12(16(21)22)9-19-15(20)6-3-11-8-13(17)4-5-14(11)18/h4-5,8,10,12H,3,6-7,9H2,1-2H3,(H,19,20)(H,21,22). The van der Waals surface area contributed by atoms with Gasteiger partial charge in [0, 0.05) is 13.0 Å². The molecule has 0 aliphatic rings. The van der Waals surface area contributed by atoms with Gasteiger partial charge in [0.2, 0.25) is 5.91 Å². The number of aliphatic carboxylic acids is 1. The minimum absolute atomic E-state index is 0.0195. The van der Waals surface area contributed by atoms with E-state index in [0.717, 1.165) is 18.2 Å². The van der Waals surface area contributed by atoms with Crippen LogP contribution in [-0.4, -0.2) is 23.5 Å². The van der Waals surface area contributed by atoms with Gasteiger partial charge in [0.1, 0.15) is 11.6 Å². The van der Waals surface area contributed by atoms with Crippen molar-refractivity contribution in [2.75, 3.05) is 6.54 Å². The summed E-state index contributed by atoms with van der Waals surface area (Å²) in [6.45, 7) is 3.85. The molecule has 2 N–H and O–H groups in total. The van der Waals surface area contributed by atoms with Gasteiger partial charge in [0.15, 0.2) is 0 Å². The normalized spacial score (nSPS) is 12.2. The molecule has 122 valence electrons. The molecule has 0 aromatic heterocycles. The highest BCUT2D eigenvalue weighted by atomic mass is 19.1. The first-order chi connectivity index (χ1) is 10.3. The molecule has 0 bridgehead atoms. The van der Waals surface area contributed by atoms with Gasteiger partial charge in [0.25, 0.3) is 0 Å². The quantitative estimate of drug-likeness (QED) is 0.775. The Balaban J connectivity index is 2.45. The highest BCUT2D eigenvalue weighted by molar-refractivity contribution is 5.77. The Morgan fingerprint density at radius 1 is 1.27 bits per heavy atom. The van der Waals surface area contributed by atoms with Crippen molar-refractivity contribution in [1.29, 1.82) is 0 Å². The summed E-state index contributed by atoms with van der Waals surface area (Å²) in [5.41, 5.74) is 0.132. The molecular formula is C16H21F2NO3. The third kappa shape index (κ3) is 6.20. The molecule has 0 heterocycles. The summed E-state index contributed by atoms with van der Waals surface area (Å²) in [5.74, 6) is -2.88. The molecule has 6 heteroatoms. The number of carboxylic acid groups (broad SMARTS) is 1. The lowest BCUT2D eigenvalue weighted by atomic mass is 9.97. The summed E-state index contributed by atoms with van der Waals surface area (Å²) in [4.78, 5) is 22.8. The smallest absolute Gasteiger partial charge is 0.308 e. The molecule has 1 aromatic carbocycles. The van der Waals surface area contributed by atoms with Crippen LogP contribution in [0.15, 0.2) is 18.2 Å². The van der Waals surface area contributed by atoms with Crippen molar-refractivity contribution in [1.82, 2.24) is 5.32 Å². The highest BCUT2D eigenvalue weighted by Gasteiger charge is 2.19. The van der Waals surface area contributed by atoms with Crippen LogP contribution < -0.4 is 5.32 Å². The van der Waals surface area contributed by atoms with Gasteiger partial charge in [-0.15, -0.1) is 0 Å². The van der Waals surface area contributed by atoms with E-state index in [1.807, 2.05) is 13.8 Å². The third-order valence-electron chi connectivity index (χ3n) is 3.28. The average Bonchev–Trinajstić information content (AvgIpc) is 2.43.